The van der Waals surface area contributed by atoms with E-state index >= 15 is 0 Å². The first kappa shape index (κ1) is 16.6. The molecule has 2 aliphatic rings. The van der Waals surface area contributed by atoms with Crippen molar-refractivity contribution in [2.24, 2.45) is 5.92 Å². The van der Waals surface area contributed by atoms with Crippen LogP contribution in [0.1, 0.15) is 22.6 Å². The number of aromatic nitrogens is 2. The smallest absolute Gasteiger partial charge is 0.272 e. The van der Waals surface area contributed by atoms with Crippen molar-refractivity contribution in [1.29, 1.82) is 0 Å². The van der Waals surface area contributed by atoms with E-state index in [1.165, 1.54) is 6.07 Å². The highest BCUT2D eigenvalue weighted by Crippen LogP contribution is 2.21. The fourth-order valence-electron chi connectivity index (χ4n) is 3.30. The van der Waals surface area contributed by atoms with E-state index in [4.69, 9.17) is 4.74 Å². The number of carbonyl (C=O) groups excluding carboxylic acids is 1. The van der Waals surface area contributed by atoms with Crippen molar-refractivity contribution in [1.82, 2.24) is 14.7 Å². The Kier molecular flexibility index (Phi) is 4.56. The average molecular weight is 353 g/mol. The van der Waals surface area contributed by atoms with Gasteiger partial charge in [-0.15, -0.1) is 0 Å². The fraction of sp³-hybridized carbons (Fsp3) is 0.300. The zero-order valence-electron chi connectivity index (χ0n) is 14.3. The van der Waals surface area contributed by atoms with E-state index in [9.17, 15) is 9.18 Å². The molecule has 0 spiro atoms. The Morgan fingerprint density at radius 3 is 2.92 bits per heavy atom. The standard InChI is InChI=1S/C20H20FN3O2/c21-17-8-4-5-9-19(17)26-14-16-12-18-20(25)23(10-11-24(18)22-16)13-15-6-2-1-3-7-15/h1-6,8-9,12,15H,7,10-11,13-14H2. The molecule has 1 unspecified atom stereocenters. The highest BCUT2D eigenvalue weighted by atomic mass is 19.1. The molecule has 0 radical (unpaired) electrons. The first-order valence-electron chi connectivity index (χ1n) is 8.77. The van der Waals surface area contributed by atoms with Gasteiger partial charge in [0.1, 0.15) is 18.0 Å². The van der Waals surface area contributed by atoms with Gasteiger partial charge in [-0.05, 0) is 30.5 Å². The van der Waals surface area contributed by atoms with Crippen molar-refractivity contribution < 1.29 is 13.9 Å². The van der Waals surface area contributed by atoms with E-state index in [2.05, 4.69) is 17.3 Å². The lowest BCUT2D eigenvalue weighted by Crippen LogP contribution is -2.42. The Bertz CT molecular complexity index is 872. The van der Waals surface area contributed by atoms with Crippen molar-refractivity contribution in [3.63, 3.8) is 0 Å². The third-order valence-corrected chi connectivity index (χ3v) is 4.66. The molecule has 0 saturated heterocycles. The lowest BCUT2D eigenvalue weighted by Gasteiger charge is -2.30. The van der Waals surface area contributed by atoms with Crippen molar-refractivity contribution in [3.8, 4) is 5.75 Å². The molecule has 4 rings (SSSR count). The molecule has 2 heterocycles. The summed E-state index contributed by atoms with van der Waals surface area (Å²) in [6.45, 7) is 2.15. The van der Waals surface area contributed by atoms with Crippen LogP contribution in [0.25, 0.3) is 0 Å². The minimum atomic E-state index is -0.409. The Labute approximate surface area is 151 Å². The second kappa shape index (κ2) is 7.15. The summed E-state index contributed by atoms with van der Waals surface area (Å²) in [5.74, 6) is 0.128. The number of carbonyl (C=O) groups is 1. The summed E-state index contributed by atoms with van der Waals surface area (Å²) in [4.78, 5) is 14.6. The molecule has 0 saturated carbocycles. The topological polar surface area (TPSA) is 47.4 Å². The van der Waals surface area contributed by atoms with Crippen molar-refractivity contribution in [3.05, 3.63) is 71.8 Å². The molecule has 1 aliphatic heterocycles. The molecule has 6 heteroatoms. The number of nitrogens with zero attached hydrogens (tertiary/aromatic N) is 3. The molecule has 5 nitrogen and oxygen atoms in total. The van der Waals surface area contributed by atoms with Crippen molar-refractivity contribution in [2.75, 3.05) is 13.1 Å². The summed E-state index contributed by atoms with van der Waals surface area (Å²) in [6.07, 6.45) is 9.30. The molecule has 1 atom stereocenters. The molecular weight excluding hydrogens is 333 g/mol. The number of para-hydroxylation sites is 1. The van der Waals surface area contributed by atoms with Crippen LogP contribution in [0.5, 0.6) is 5.75 Å². The second-order valence-corrected chi connectivity index (χ2v) is 6.52. The van der Waals surface area contributed by atoms with E-state index in [0.717, 1.165) is 6.42 Å². The van der Waals surface area contributed by atoms with Gasteiger partial charge < -0.3 is 9.64 Å². The minimum Gasteiger partial charge on any atom is -0.484 e. The second-order valence-electron chi connectivity index (χ2n) is 6.52. The minimum absolute atomic E-state index is 0.0103. The number of fused-ring (bicyclic) bond motifs is 1. The van der Waals surface area contributed by atoms with Crippen LogP contribution in [-0.2, 0) is 13.2 Å². The summed E-state index contributed by atoms with van der Waals surface area (Å²) in [5, 5.41) is 4.42. The molecule has 0 N–H and O–H groups in total. The third kappa shape index (κ3) is 3.40. The van der Waals surface area contributed by atoms with Crippen LogP contribution in [-0.4, -0.2) is 33.7 Å². The number of hydrogen-bond donors (Lipinski definition) is 0. The van der Waals surface area contributed by atoms with Gasteiger partial charge in [0, 0.05) is 13.1 Å². The van der Waals surface area contributed by atoms with Crippen LogP contribution in [0, 0.1) is 11.7 Å². The number of hydrogen-bond acceptors (Lipinski definition) is 3. The normalized spacial score (nSPS) is 18.9. The molecule has 1 aromatic heterocycles. The number of ether oxygens (including phenoxy) is 1. The molecule has 134 valence electrons. The monoisotopic (exact) mass is 353 g/mol. The first-order valence-corrected chi connectivity index (χ1v) is 8.77. The maximum atomic E-state index is 13.6. The zero-order valence-corrected chi connectivity index (χ0v) is 14.3. The molecule has 0 bridgehead atoms. The van der Waals surface area contributed by atoms with Gasteiger partial charge >= 0.3 is 0 Å². The maximum absolute atomic E-state index is 13.6. The number of allylic oxidation sites excluding steroid dienone is 3. The van der Waals surface area contributed by atoms with Gasteiger partial charge in [0.25, 0.3) is 5.91 Å². The molecule has 26 heavy (non-hydrogen) atoms. The summed E-state index contributed by atoms with van der Waals surface area (Å²) in [6, 6.07) is 8.00. The largest absolute Gasteiger partial charge is 0.484 e. The van der Waals surface area contributed by atoms with E-state index in [1.54, 1.807) is 28.9 Å². The third-order valence-electron chi connectivity index (χ3n) is 4.66. The highest BCUT2D eigenvalue weighted by molar-refractivity contribution is 5.93. The van der Waals surface area contributed by atoms with Crippen LogP contribution in [0.15, 0.2) is 54.6 Å². The molecular formula is C20H20FN3O2. The van der Waals surface area contributed by atoms with E-state index in [0.29, 0.717) is 36.9 Å². The van der Waals surface area contributed by atoms with E-state index in [-0.39, 0.29) is 18.3 Å². The number of amides is 1. The molecule has 1 aliphatic carbocycles. The molecule has 1 amide bonds. The van der Waals surface area contributed by atoms with Crippen LogP contribution < -0.4 is 4.74 Å². The van der Waals surface area contributed by atoms with Crippen molar-refractivity contribution >= 4 is 5.91 Å². The Morgan fingerprint density at radius 2 is 2.12 bits per heavy atom. The summed E-state index contributed by atoms with van der Waals surface area (Å²) in [7, 11) is 0. The van der Waals surface area contributed by atoms with Gasteiger partial charge in [-0.2, -0.15) is 5.10 Å². The highest BCUT2D eigenvalue weighted by Gasteiger charge is 2.27. The Hall–Kier alpha value is -2.89. The average Bonchev–Trinajstić information content (AvgIpc) is 3.08. The summed E-state index contributed by atoms with van der Waals surface area (Å²) >= 11 is 0. The van der Waals surface area contributed by atoms with Gasteiger partial charge in [-0.3, -0.25) is 9.48 Å². The van der Waals surface area contributed by atoms with E-state index < -0.39 is 5.82 Å². The maximum Gasteiger partial charge on any atom is 0.272 e. The number of benzene rings is 1. The quantitative estimate of drug-likeness (QED) is 0.829. The Morgan fingerprint density at radius 1 is 1.23 bits per heavy atom. The van der Waals surface area contributed by atoms with Gasteiger partial charge in [0.05, 0.1) is 6.54 Å². The van der Waals surface area contributed by atoms with Gasteiger partial charge in [-0.1, -0.05) is 36.4 Å². The summed E-state index contributed by atoms with van der Waals surface area (Å²) in [5.41, 5.74) is 1.19. The van der Waals surface area contributed by atoms with Crippen LogP contribution in [0.3, 0.4) is 0 Å². The van der Waals surface area contributed by atoms with Gasteiger partial charge in [0.2, 0.25) is 0 Å². The van der Waals surface area contributed by atoms with Crippen LogP contribution in [0.2, 0.25) is 0 Å². The lowest BCUT2D eigenvalue weighted by atomic mass is 10.00. The van der Waals surface area contributed by atoms with Gasteiger partial charge in [0.15, 0.2) is 11.6 Å². The Balaban J connectivity index is 1.42. The van der Waals surface area contributed by atoms with Crippen LogP contribution in [0.4, 0.5) is 4.39 Å². The fourth-order valence-corrected chi connectivity index (χ4v) is 3.30. The predicted molar refractivity (Wildman–Crippen MR) is 95.2 cm³/mol. The van der Waals surface area contributed by atoms with Gasteiger partial charge in [-0.25, -0.2) is 4.39 Å². The zero-order chi connectivity index (χ0) is 17.9. The SMILES string of the molecule is O=C1c2cc(COc3ccccc3F)nn2CCN1CC1C=CC=CC1. The lowest BCUT2D eigenvalue weighted by molar-refractivity contribution is 0.0679. The molecule has 2 aromatic rings. The summed E-state index contributed by atoms with van der Waals surface area (Å²) < 4.78 is 20.8. The molecule has 0 fully saturated rings. The first-order chi connectivity index (χ1) is 12.7. The number of halogens is 1. The van der Waals surface area contributed by atoms with Crippen LogP contribution >= 0.6 is 0 Å². The molecule has 1 aromatic carbocycles. The van der Waals surface area contributed by atoms with Crippen molar-refractivity contribution in [2.45, 2.75) is 19.6 Å². The van der Waals surface area contributed by atoms with E-state index in [1.807, 2.05) is 17.1 Å². The predicted octanol–water partition coefficient (Wildman–Crippen LogP) is 3.19. The number of rotatable bonds is 5.